The van der Waals surface area contributed by atoms with Crippen molar-refractivity contribution in [2.75, 3.05) is 19.7 Å². The molecule has 15 heavy (non-hydrogen) atoms. The standard InChI is InChI=1S/C11H21NO3/c1-3-10(4-5-13)8-12-7-9(2)6-11(14)15/h6,10,12-13H,3-5,7-8H2,1-2H3,(H,14,15). The average molecular weight is 215 g/mol. The lowest BCUT2D eigenvalue weighted by molar-refractivity contribution is -0.131. The van der Waals surface area contributed by atoms with E-state index in [1.54, 1.807) is 6.92 Å². The van der Waals surface area contributed by atoms with Crippen molar-refractivity contribution in [3.8, 4) is 0 Å². The van der Waals surface area contributed by atoms with Crippen molar-refractivity contribution in [3.05, 3.63) is 11.6 Å². The van der Waals surface area contributed by atoms with Crippen LogP contribution in [-0.2, 0) is 4.79 Å². The maximum atomic E-state index is 10.3. The molecule has 0 saturated heterocycles. The third-order valence-electron chi connectivity index (χ3n) is 2.32. The molecule has 0 aromatic rings. The molecule has 1 unspecified atom stereocenters. The van der Waals surface area contributed by atoms with Gasteiger partial charge in [-0.3, -0.25) is 0 Å². The fraction of sp³-hybridized carbons (Fsp3) is 0.727. The van der Waals surface area contributed by atoms with Crippen LogP contribution in [0.2, 0.25) is 0 Å². The van der Waals surface area contributed by atoms with Crippen LogP contribution in [0.4, 0.5) is 0 Å². The van der Waals surface area contributed by atoms with Crippen molar-refractivity contribution >= 4 is 5.97 Å². The molecule has 4 nitrogen and oxygen atoms in total. The normalized spacial score (nSPS) is 13.9. The van der Waals surface area contributed by atoms with Crippen LogP contribution in [0.3, 0.4) is 0 Å². The van der Waals surface area contributed by atoms with Crippen molar-refractivity contribution in [2.45, 2.75) is 26.7 Å². The zero-order chi connectivity index (χ0) is 11.7. The number of aliphatic carboxylic acids is 1. The number of hydrogen-bond acceptors (Lipinski definition) is 3. The fourth-order valence-corrected chi connectivity index (χ4v) is 1.37. The van der Waals surface area contributed by atoms with Crippen molar-refractivity contribution < 1.29 is 15.0 Å². The van der Waals surface area contributed by atoms with E-state index in [0.29, 0.717) is 12.5 Å². The minimum Gasteiger partial charge on any atom is -0.478 e. The number of carboxylic acids is 1. The van der Waals surface area contributed by atoms with Gasteiger partial charge in [0.1, 0.15) is 0 Å². The largest absolute Gasteiger partial charge is 0.478 e. The molecule has 0 saturated carbocycles. The van der Waals surface area contributed by atoms with Gasteiger partial charge in [0.15, 0.2) is 0 Å². The number of nitrogens with one attached hydrogen (secondary N) is 1. The Balaban J connectivity index is 3.72. The molecule has 0 radical (unpaired) electrons. The Hall–Kier alpha value is -0.870. The fourth-order valence-electron chi connectivity index (χ4n) is 1.37. The number of hydrogen-bond donors (Lipinski definition) is 3. The number of carbonyl (C=O) groups is 1. The smallest absolute Gasteiger partial charge is 0.328 e. The molecule has 0 aliphatic carbocycles. The predicted octanol–water partition coefficient (Wildman–Crippen LogP) is 1.02. The van der Waals surface area contributed by atoms with E-state index < -0.39 is 5.97 Å². The molecule has 0 heterocycles. The van der Waals surface area contributed by atoms with E-state index >= 15 is 0 Å². The van der Waals surface area contributed by atoms with Gasteiger partial charge in [0.2, 0.25) is 0 Å². The van der Waals surface area contributed by atoms with Gasteiger partial charge >= 0.3 is 5.97 Å². The quantitative estimate of drug-likeness (QED) is 0.529. The van der Waals surface area contributed by atoms with Crippen molar-refractivity contribution in [2.24, 2.45) is 5.92 Å². The lowest BCUT2D eigenvalue weighted by atomic mass is 10.0. The summed E-state index contributed by atoms with van der Waals surface area (Å²) in [6.45, 7) is 5.50. The Morgan fingerprint density at radius 1 is 1.53 bits per heavy atom. The number of carboxylic acid groups (broad SMARTS) is 1. The molecule has 0 aromatic heterocycles. The first-order chi connectivity index (χ1) is 7.10. The van der Waals surface area contributed by atoms with Gasteiger partial charge in [-0.15, -0.1) is 0 Å². The average Bonchev–Trinajstić information content (AvgIpc) is 2.15. The summed E-state index contributed by atoms with van der Waals surface area (Å²) in [4.78, 5) is 10.3. The maximum absolute atomic E-state index is 10.3. The van der Waals surface area contributed by atoms with E-state index in [1.807, 2.05) is 0 Å². The second-order valence-electron chi connectivity index (χ2n) is 3.75. The molecular weight excluding hydrogens is 194 g/mol. The van der Waals surface area contributed by atoms with Gasteiger partial charge in [-0.05, 0) is 25.8 Å². The Morgan fingerprint density at radius 2 is 2.20 bits per heavy atom. The van der Waals surface area contributed by atoms with Gasteiger partial charge in [-0.25, -0.2) is 4.79 Å². The van der Waals surface area contributed by atoms with Crippen LogP contribution in [-0.4, -0.2) is 35.9 Å². The van der Waals surface area contributed by atoms with Crippen LogP contribution in [0.5, 0.6) is 0 Å². The number of rotatable bonds is 8. The summed E-state index contributed by atoms with van der Waals surface area (Å²) in [7, 11) is 0. The molecular formula is C11H21NO3. The first kappa shape index (κ1) is 14.1. The van der Waals surface area contributed by atoms with E-state index in [1.165, 1.54) is 6.08 Å². The number of aliphatic hydroxyl groups excluding tert-OH is 1. The molecule has 1 atom stereocenters. The molecule has 0 bridgehead atoms. The summed E-state index contributed by atoms with van der Waals surface area (Å²) < 4.78 is 0. The van der Waals surface area contributed by atoms with Gasteiger partial charge in [0, 0.05) is 19.2 Å². The summed E-state index contributed by atoms with van der Waals surface area (Å²) >= 11 is 0. The van der Waals surface area contributed by atoms with E-state index in [-0.39, 0.29) is 6.61 Å². The molecule has 0 rings (SSSR count). The molecule has 0 spiro atoms. The van der Waals surface area contributed by atoms with E-state index in [4.69, 9.17) is 10.2 Å². The molecule has 88 valence electrons. The van der Waals surface area contributed by atoms with Crippen molar-refractivity contribution in [1.82, 2.24) is 5.32 Å². The summed E-state index contributed by atoms with van der Waals surface area (Å²) in [6, 6.07) is 0. The Kier molecular flexibility index (Phi) is 7.95. The summed E-state index contributed by atoms with van der Waals surface area (Å²) in [5.41, 5.74) is 0.807. The zero-order valence-electron chi connectivity index (χ0n) is 9.49. The van der Waals surface area contributed by atoms with Crippen LogP contribution >= 0.6 is 0 Å². The van der Waals surface area contributed by atoms with Gasteiger partial charge in [-0.1, -0.05) is 18.9 Å². The second kappa shape index (κ2) is 8.44. The highest BCUT2D eigenvalue weighted by atomic mass is 16.4. The topological polar surface area (TPSA) is 69.6 Å². The molecule has 3 N–H and O–H groups in total. The first-order valence-corrected chi connectivity index (χ1v) is 5.31. The van der Waals surface area contributed by atoms with Gasteiger partial charge in [0.05, 0.1) is 0 Å². The molecule has 0 fully saturated rings. The maximum Gasteiger partial charge on any atom is 0.328 e. The van der Waals surface area contributed by atoms with E-state index in [0.717, 1.165) is 25.0 Å². The molecule has 0 aliphatic heterocycles. The molecule has 0 aliphatic rings. The highest BCUT2D eigenvalue weighted by molar-refractivity contribution is 5.80. The highest BCUT2D eigenvalue weighted by Gasteiger charge is 2.04. The summed E-state index contributed by atoms with van der Waals surface area (Å²) in [5.74, 6) is -0.440. The third kappa shape index (κ3) is 8.15. The van der Waals surface area contributed by atoms with E-state index in [9.17, 15) is 4.79 Å². The predicted molar refractivity (Wildman–Crippen MR) is 59.7 cm³/mol. The molecule has 4 heteroatoms. The first-order valence-electron chi connectivity index (χ1n) is 5.31. The SMILES string of the molecule is CCC(CCO)CNCC(C)=CC(=O)O. The van der Waals surface area contributed by atoms with Crippen LogP contribution in [0.1, 0.15) is 26.7 Å². The van der Waals surface area contributed by atoms with Gasteiger partial charge < -0.3 is 15.5 Å². The summed E-state index contributed by atoms with van der Waals surface area (Å²) in [6.07, 6.45) is 3.03. The Bertz CT molecular complexity index is 214. The minimum atomic E-state index is -0.906. The lowest BCUT2D eigenvalue weighted by Crippen LogP contribution is -2.25. The molecule has 0 aromatic carbocycles. The number of aliphatic hydroxyl groups is 1. The molecule has 0 amide bonds. The Morgan fingerprint density at radius 3 is 2.67 bits per heavy atom. The van der Waals surface area contributed by atoms with Gasteiger partial charge in [-0.2, -0.15) is 0 Å². The minimum absolute atomic E-state index is 0.212. The van der Waals surface area contributed by atoms with Crippen molar-refractivity contribution in [3.63, 3.8) is 0 Å². The third-order valence-corrected chi connectivity index (χ3v) is 2.32. The second-order valence-corrected chi connectivity index (χ2v) is 3.75. The van der Waals surface area contributed by atoms with Crippen LogP contribution in [0, 0.1) is 5.92 Å². The van der Waals surface area contributed by atoms with Crippen molar-refractivity contribution in [1.29, 1.82) is 0 Å². The monoisotopic (exact) mass is 215 g/mol. The lowest BCUT2D eigenvalue weighted by Gasteiger charge is -2.14. The van der Waals surface area contributed by atoms with Crippen LogP contribution in [0.15, 0.2) is 11.6 Å². The van der Waals surface area contributed by atoms with Crippen LogP contribution in [0.25, 0.3) is 0 Å². The van der Waals surface area contributed by atoms with Gasteiger partial charge in [0.25, 0.3) is 0 Å². The Labute approximate surface area is 91.0 Å². The summed E-state index contributed by atoms with van der Waals surface area (Å²) in [5, 5.41) is 20.4. The zero-order valence-corrected chi connectivity index (χ0v) is 9.49. The van der Waals surface area contributed by atoms with E-state index in [2.05, 4.69) is 12.2 Å². The van der Waals surface area contributed by atoms with Crippen LogP contribution < -0.4 is 5.32 Å². The highest BCUT2D eigenvalue weighted by Crippen LogP contribution is 2.05.